The number of carbonyl (C=O) groups is 3. The standard InChI is InChI=1S/C20H26N10O4.ClH/c1-26(7-6-15(22)25-34)18(31)17-23-10-16(24-17)28(3)20(33)30-9-5-14(12-30)27(2)19(32)29-8-4-13(21)11-29;/h4-5,8-12,34H,6-7,21H2,1-3H3,(H2,22,25)(H,23,24);1H. The second-order valence-electron chi connectivity index (χ2n) is 7.49. The number of nitrogen functional groups attached to an aromatic ring is 1. The van der Waals surface area contributed by atoms with E-state index < -0.39 is 11.9 Å². The minimum Gasteiger partial charge on any atom is -0.409 e. The number of halogens is 1. The molecule has 3 rings (SSSR count). The molecular weight excluding hydrogens is 480 g/mol. The number of imidazole rings is 1. The lowest BCUT2D eigenvalue weighted by Crippen LogP contribution is -2.32. The lowest BCUT2D eigenvalue weighted by Gasteiger charge is -2.17. The van der Waals surface area contributed by atoms with Crippen LogP contribution in [0.15, 0.2) is 48.3 Å². The molecule has 0 atom stereocenters. The highest BCUT2D eigenvalue weighted by Crippen LogP contribution is 2.18. The third-order valence-electron chi connectivity index (χ3n) is 5.08. The molecule has 3 aromatic rings. The van der Waals surface area contributed by atoms with Gasteiger partial charge in [0.1, 0.15) is 5.84 Å². The van der Waals surface area contributed by atoms with Crippen LogP contribution < -0.4 is 21.3 Å². The predicted molar refractivity (Wildman–Crippen MR) is 132 cm³/mol. The Bertz CT molecular complexity index is 1230. The first kappa shape index (κ1) is 26.8. The van der Waals surface area contributed by atoms with Gasteiger partial charge in [0.15, 0.2) is 11.6 Å². The summed E-state index contributed by atoms with van der Waals surface area (Å²) in [5.74, 6) is -0.172. The van der Waals surface area contributed by atoms with Gasteiger partial charge >= 0.3 is 12.1 Å². The zero-order chi connectivity index (χ0) is 25.0. The van der Waals surface area contributed by atoms with Crippen molar-refractivity contribution in [3.05, 3.63) is 48.9 Å². The number of hydrogen-bond donors (Lipinski definition) is 4. The third kappa shape index (κ3) is 5.92. The summed E-state index contributed by atoms with van der Waals surface area (Å²) in [5.41, 5.74) is 12.0. The second kappa shape index (κ2) is 11.1. The summed E-state index contributed by atoms with van der Waals surface area (Å²) in [7, 11) is 4.63. The number of oxime groups is 1. The number of carbonyl (C=O) groups excluding carboxylic acids is 3. The number of nitrogens with zero attached hydrogens (tertiary/aromatic N) is 7. The maximum absolute atomic E-state index is 12.9. The molecule has 0 saturated carbocycles. The van der Waals surface area contributed by atoms with Gasteiger partial charge in [-0.3, -0.25) is 23.7 Å². The SMILES string of the molecule is CN(CCC(N)=NO)C(=O)c1nc(N(C)C(=O)n2ccc(N(C)C(=O)n3ccc(N)c3)c2)c[nH]1.Cl. The number of H-pyrrole nitrogens is 1. The number of rotatable bonds is 6. The van der Waals surface area contributed by atoms with Crippen LogP contribution in [0.3, 0.4) is 0 Å². The Kier molecular flexibility index (Phi) is 8.50. The van der Waals surface area contributed by atoms with Crippen LogP contribution in [0.25, 0.3) is 0 Å². The minimum absolute atomic E-state index is 0. The molecule has 3 amide bonds. The number of aromatic nitrogens is 4. The number of amidine groups is 1. The summed E-state index contributed by atoms with van der Waals surface area (Å²) < 4.78 is 2.63. The van der Waals surface area contributed by atoms with E-state index in [0.717, 1.165) is 0 Å². The molecule has 0 unspecified atom stereocenters. The van der Waals surface area contributed by atoms with Crippen LogP contribution in [0.2, 0.25) is 0 Å². The molecule has 0 aliphatic rings. The van der Waals surface area contributed by atoms with Gasteiger partial charge in [-0.2, -0.15) is 0 Å². The molecule has 0 fully saturated rings. The second-order valence-corrected chi connectivity index (χ2v) is 7.49. The van der Waals surface area contributed by atoms with E-state index in [1.807, 2.05) is 0 Å². The van der Waals surface area contributed by atoms with Crippen molar-refractivity contribution < 1.29 is 19.6 Å². The molecule has 15 heteroatoms. The zero-order valence-corrected chi connectivity index (χ0v) is 20.1. The molecular formula is C20H27ClN10O4. The zero-order valence-electron chi connectivity index (χ0n) is 19.3. The van der Waals surface area contributed by atoms with Crippen molar-refractivity contribution in [1.29, 1.82) is 0 Å². The molecule has 6 N–H and O–H groups in total. The number of hydrogen-bond acceptors (Lipinski definition) is 7. The van der Waals surface area contributed by atoms with Crippen molar-refractivity contribution in [2.45, 2.75) is 6.42 Å². The maximum atomic E-state index is 12.9. The van der Waals surface area contributed by atoms with Gasteiger partial charge in [-0.25, -0.2) is 14.6 Å². The van der Waals surface area contributed by atoms with Crippen LogP contribution in [0.1, 0.15) is 17.0 Å². The average molecular weight is 507 g/mol. The van der Waals surface area contributed by atoms with Gasteiger partial charge in [0.05, 0.1) is 5.69 Å². The van der Waals surface area contributed by atoms with Crippen molar-refractivity contribution in [3.8, 4) is 0 Å². The van der Waals surface area contributed by atoms with E-state index in [1.165, 1.54) is 55.7 Å². The summed E-state index contributed by atoms with van der Waals surface area (Å²) >= 11 is 0. The van der Waals surface area contributed by atoms with Gasteiger partial charge in [-0.05, 0) is 12.1 Å². The number of anilines is 3. The van der Waals surface area contributed by atoms with Gasteiger partial charge in [0.25, 0.3) is 5.91 Å². The third-order valence-corrected chi connectivity index (χ3v) is 5.08. The monoisotopic (exact) mass is 506 g/mol. The number of aromatic amines is 1. The summed E-state index contributed by atoms with van der Waals surface area (Å²) in [4.78, 5) is 48.9. The molecule has 3 aromatic heterocycles. The molecule has 3 heterocycles. The van der Waals surface area contributed by atoms with Crippen LogP contribution in [-0.4, -0.2) is 80.7 Å². The minimum atomic E-state index is -0.455. The van der Waals surface area contributed by atoms with Crippen molar-refractivity contribution in [3.63, 3.8) is 0 Å². The molecule has 0 aliphatic heterocycles. The number of amides is 3. The molecule has 0 radical (unpaired) electrons. The van der Waals surface area contributed by atoms with E-state index in [0.29, 0.717) is 11.4 Å². The van der Waals surface area contributed by atoms with Crippen molar-refractivity contribution in [1.82, 2.24) is 24.0 Å². The van der Waals surface area contributed by atoms with E-state index in [4.69, 9.17) is 16.7 Å². The van der Waals surface area contributed by atoms with Gasteiger partial charge in [0, 0.05) is 70.8 Å². The first-order valence-corrected chi connectivity index (χ1v) is 10.1. The molecule has 0 spiro atoms. The van der Waals surface area contributed by atoms with Gasteiger partial charge in [-0.15, -0.1) is 12.4 Å². The lowest BCUT2D eigenvalue weighted by atomic mass is 10.3. The van der Waals surface area contributed by atoms with E-state index in [-0.39, 0.29) is 48.9 Å². The Hall–Kier alpha value is -4.46. The molecule has 0 aliphatic carbocycles. The molecule has 0 bridgehead atoms. The van der Waals surface area contributed by atoms with Crippen LogP contribution in [-0.2, 0) is 0 Å². The van der Waals surface area contributed by atoms with E-state index >= 15 is 0 Å². The van der Waals surface area contributed by atoms with Crippen LogP contribution in [0, 0.1) is 0 Å². The Morgan fingerprint density at radius 1 is 1.09 bits per heavy atom. The Balaban J connectivity index is 0.00000432. The largest absolute Gasteiger partial charge is 0.409 e. The molecule has 0 aromatic carbocycles. The van der Waals surface area contributed by atoms with Crippen LogP contribution in [0.4, 0.5) is 26.8 Å². The van der Waals surface area contributed by atoms with Crippen molar-refractivity contribution >= 4 is 53.4 Å². The lowest BCUT2D eigenvalue weighted by molar-refractivity contribution is 0.0787. The predicted octanol–water partition coefficient (Wildman–Crippen LogP) is 1.43. The highest BCUT2D eigenvalue weighted by molar-refractivity contribution is 5.97. The summed E-state index contributed by atoms with van der Waals surface area (Å²) in [6.07, 6.45) is 7.68. The average Bonchev–Trinajstić information content (AvgIpc) is 3.60. The van der Waals surface area contributed by atoms with Gasteiger partial charge in [-0.1, -0.05) is 5.16 Å². The van der Waals surface area contributed by atoms with Gasteiger partial charge in [0.2, 0.25) is 0 Å². The Morgan fingerprint density at radius 3 is 2.34 bits per heavy atom. The van der Waals surface area contributed by atoms with Crippen molar-refractivity contribution in [2.24, 2.45) is 10.9 Å². The fourth-order valence-corrected chi connectivity index (χ4v) is 3.00. The first-order chi connectivity index (χ1) is 16.1. The summed E-state index contributed by atoms with van der Waals surface area (Å²) in [6, 6.07) is 2.42. The summed E-state index contributed by atoms with van der Waals surface area (Å²) in [5, 5.41) is 11.5. The first-order valence-electron chi connectivity index (χ1n) is 10.1. The Labute approximate surface area is 206 Å². The molecule has 35 heavy (non-hydrogen) atoms. The fourth-order valence-electron chi connectivity index (χ4n) is 3.00. The fraction of sp³-hybridized carbons (Fsp3) is 0.250. The van der Waals surface area contributed by atoms with Crippen molar-refractivity contribution in [2.75, 3.05) is 43.2 Å². The number of nitrogens with two attached hydrogens (primary N) is 2. The quantitative estimate of drug-likeness (QED) is 0.168. The van der Waals surface area contributed by atoms with E-state index in [1.54, 1.807) is 32.4 Å². The maximum Gasteiger partial charge on any atom is 0.333 e. The highest BCUT2D eigenvalue weighted by Gasteiger charge is 2.21. The Morgan fingerprint density at radius 2 is 1.71 bits per heavy atom. The highest BCUT2D eigenvalue weighted by atomic mass is 35.5. The normalized spacial score (nSPS) is 11.0. The topological polar surface area (TPSA) is 184 Å². The van der Waals surface area contributed by atoms with Crippen LogP contribution >= 0.6 is 12.4 Å². The summed E-state index contributed by atoms with van der Waals surface area (Å²) in [6.45, 7) is 0.216. The molecule has 0 saturated heterocycles. The smallest absolute Gasteiger partial charge is 0.333 e. The van der Waals surface area contributed by atoms with E-state index in [9.17, 15) is 14.4 Å². The van der Waals surface area contributed by atoms with Gasteiger partial charge < -0.3 is 26.6 Å². The van der Waals surface area contributed by atoms with E-state index in [2.05, 4.69) is 15.1 Å². The van der Waals surface area contributed by atoms with Crippen LogP contribution in [0.5, 0.6) is 0 Å². The molecule has 14 nitrogen and oxygen atoms in total. The number of nitrogens with one attached hydrogen (secondary N) is 1. The molecule has 188 valence electrons.